The Balaban J connectivity index is 1.57. The summed E-state index contributed by atoms with van der Waals surface area (Å²) in [5, 5.41) is 2.69. The highest BCUT2D eigenvalue weighted by Crippen LogP contribution is 2.24. The van der Waals surface area contributed by atoms with Crippen molar-refractivity contribution in [2.75, 3.05) is 19.7 Å². The van der Waals surface area contributed by atoms with Crippen LogP contribution in [0.4, 0.5) is 0 Å². The van der Waals surface area contributed by atoms with E-state index >= 15 is 0 Å². The van der Waals surface area contributed by atoms with E-state index in [0.717, 1.165) is 24.5 Å². The molecule has 0 spiro atoms. The Bertz CT molecular complexity index is 1070. The lowest BCUT2D eigenvalue weighted by molar-refractivity contribution is -0.129. The molecule has 8 nitrogen and oxygen atoms in total. The SMILES string of the molecule is CC(OC(=O)c1ccc(Cl)c(S(=O)(=O)NCC2CCCO2)c1)C(=O)NCCc1ccccc1. The lowest BCUT2D eigenvalue weighted by Gasteiger charge is -2.15. The summed E-state index contributed by atoms with van der Waals surface area (Å²) in [6.07, 6.45) is 1.06. The number of sulfonamides is 1. The molecule has 1 aliphatic rings. The van der Waals surface area contributed by atoms with Crippen LogP contribution in [-0.2, 0) is 30.7 Å². The smallest absolute Gasteiger partial charge is 0.338 e. The summed E-state index contributed by atoms with van der Waals surface area (Å²) >= 11 is 6.08. The van der Waals surface area contributed by atoms with Crippen LogP contribution in [0, 0.1) is 0 Å². The Morgan fingerprint density at radius 1 is 1.21 bits per heavy atom. The molecule has 0 bridgehead atoms. The van der Waals surface area contributed by atoms with Gasteiger partial charge >= 0.3 is 5.97 Å². The van der Waals surface area contributed by atoms with Crippen molar-refractivity contribution in [3.8, 4) is 0 Å². The summed E-state index contributed by atoms with van der Waals surface area (Å²) in [5.74, 6) is -1.27. The standard InChI is InChI=1S/C23H27ClN2O6S/c1-16(22(27)25-12-11-17-6-3-2-4-7-17)32-23(28)18-9-10-20(24)21(14-18)33(29,30)26-15-19-8-5-13-31-19/h2-4,6-7,9-10,14,16,19,26H,5,8,11-13,15H2,1H3,(H,25,27). The second-order valence-corrected chi connectivity index (χ2v) is 9.85. The van der Waals surface area contributed by atoms with E-state index in [-0.39, 0.29) is 28.1 Å². The first kappa shape index (κ1) is 25.2. The Hall–Kier alpha value is -2.46. The summed E-state index contributed by atoms with van der Waals surface area (Å²) in [5.41, 5.74) is 1.05. The highest BCUT2D eigenvalue weighted by atomic mass is 35.5. The zero-order valence-electron chi connectivity index (χ0n) is 18.3. The molecule has 1 aliphatic heterocycles. The van der Waals surface area contributed by atoms with Crippen LogP contribution in [0.15, 0.2) is 53.4 Å². The van der Waals surface area contributed by atoms with Gasteiger partial charge in [0, 0.05) is 19.7 Å². The minimum absolute atomic E-state index is 0.0270. The van der Waals surface area contributed by atoms with Crippen LogP contribution in [0.1, 0.15) is 35.7 Å². The van der Waals surface area contributed by atoms with Gasteiger partial charge < -0.3 is 14.8 Å². The van der Waals surface area contributed by atoms with E-state index in [2.05, 4.69) is 10.0 Å². The third-order valence-electron chi connectivity index (χ3n) is 5.19. The summed E-state index contributed by atoms with van der Waals surface area (Å²) in [6, 6.07) is 13.5. The number of carbonyl (C=O) groups excluding carboxylic acids is 2. The monoisotopic (exact) mass is 494 g/mol. The van der Waals surface area contributed by atoms with Crippen LogP contribution < -0.4 is 10.0 Å². The van der Waals surface area contributed by atoms with E-state index < -0.39 is 28.0 Å². The zero-order valence-corrected chi connectivity index (χ0v) is 19.8. The molecule has 2 aromatic carbocycles. The molecule has 1 heterocycles. The van der Waals surface area contributed by atoms with Gasteiger partial charge in [-0.1, -0.05) is 41.9 Å². The number of ether oxygens (including phenoxy) is 2. The molecular weight excluding hydrogens is 468 g/mol. The lowest BCUT2D eigenvalue weighted by atomic mass is 10.1. The van der Waals surface area contributed by atoms with Crippen molar-refractivity contribution in [1.29, 1.82) is 0 Å². The van der Waals surface area contributed by atoms with Gasteiger partial charge in [-0.05, 0) is 49.9 Å². The van der Waals surface area contributed by atoms with Crippen LogP contribution in [0.3, 0.4) is 0 Å². The largest absolute Gasteiger partial charge is 0.449 e. The normalized spacial score (nSPS) is 16.8. The van der Waals surface area contributed by atoms with Crippen molar-refractivity contribution >= 4 is 33.5 Å². The molecule has 178 valence electrons. The van der Waals surface area contributed by atoms with Crippen molar-refractivity contribution < 1.29 is 27.5 Å². The summed E-state index contributed by atoms with van der Waals surface area (Å²) in [7, 11) is -3.97. The third-order valence-corrected chi connectivity index (χ3v) is 7.10. The Morgan fingerprint density at radius 3 is 2.67 bits per heavy atom. The highest BCUT2D eigenvalue weighted by molar-refractivity contribution is 7.89. The van der Waals surface area contributed by atoms with Gasteiger partial charge in [0.05, 0.1) is 16.7 Å². The van der Waals surface area contributed by atoms with Crippen molar-refractivity contribution in [3.05, 3.63) is 64.7 Å². The maximum absolute atomic E-state index is 12.7. The van der Waals surface area contributed by atoms with Gasteiger partial charge in [0.15, 0.2) is 6.10 Å². The maximum atomic E-state index is 12.7. The second-order valence-electron chi connectivity index (χ2n) is 7.71. The zero-order chi connectivity index (χ0) is 23.8. The molecule has 1 saturated heterocycles. The van der Waals surface area contributed by atoms with Crippen LogP contribution in [0.25, 0.3) is 0 Å². The fourth-order valence-electron chi connectivity index (χ4n) is 3.32. The molecule has 0 radical (unpaired) electrons. The number of benzene rings is 2. The number of halogens is 1. The number of amides is 1. The van der Waals surface area contributed by atoms with Crippen molar-refractivity contribution in [2.24, 2.45) is 0 Å². The molecule has 2 atom stereocenters. The Labute approximate surface area is 198 Å². The van der Waals surface area contributed by atoms with Gasteiger partial charge in [0.1, 0.15) is 4.90 Å². The number of nitrogens with one attached hydrogen (secondary N) is 2. The molecule has 33 heavy (non-hydrogen) atoms. The number of hydrogen-bond acceptors (Lipinski definition) is 6. The molecule has 2 N–H and O–H groups in total. The van der Waals surface area contributed by atoms with Crippen LogP contribution in [-0.4, -0.2) is 52.2 Å². The van der Waals surface area contributed by atoms with E-state index in [0.29, 0.717) is 19.6 Å². The van der Waals surface area contributed by atoms with Crippen LogP contribution in [0.5, 0.6) is 0 Å². The van der Waals surface area contributed by atoms with Crippen molar-refractivity contribution in [3.63, 3.8) is 0 Å². The molecule has 0 aromatic heterocycles. The quantitative estimate of drug-likeness (QED) is 0.491. The van der Waals surface area contributed by atoms with E-state index in [1.807, 2.05) is 30.3 Å². The topological polar surface area (TPSA) is 111 Å². The summed E-state index contributed by atoms with van der Waals surface area (Å²) in [4.78, 5) is 24.6. The van der Waals surface area contributed by atoms with Crippen LogP contribution >= 0.6 is 11.6 Å². The van der Waals surface area contributed by atoms with Gasteiger partial charge in [0.25, 0.3) is 5.91 Å². The molecular formula is C23H27ClN2O6S. The van der Waals surface area contributed by atoms with Crippen LogP contribution in [0.2, 0.25) is 5.02 Å². The highest BCUT2D eigenvalue weighted by Gasteiger charge is 2.25. The first-order valence-electron chi connectivity index (χ1n) is 10.7. The molecule has 2 aromatic rings. The number of rotatable bonds is 10. The van der Waals surface area contributed by atoms with Gasteiger partial charge in [0.2, 0.25) is 10.0 Å². The van der Waals surface area contributed by atoms with E-state index in [1.54, 1.807) is 0 Å². The second kappa shape index (κ2) is 11.6. The molecule has 1 fully saturated rings. The maximum Gasteiger partial charge on any atom is 0.338 e. The Kier molecular flexibility index (Phi) is 8.85. The summed E-state index contributed by atoms with van der Waals surface area (Å²) < 4.78 is 38.5. The van der Waals surface area contributed by atoms with E-state index in [9.17, 15) is 18.0 Å². The average molecular weight is 495 g/mol. The molecule has 2 unspecified atom stereocenters. The van der Waals surface area contributed by atoms with Gasteiger partial charge in [-0.2, -0.15) is 0 Å². The lowest BCUT2D eigenvalue weighted by Crippen LogP contribution is -2.37. The minimum Gasteiger partial charge on any atom is -0.449 e. The first-order valence-corrected chi connectivity index (χ1v) is 12.6. The van der Waals surface area contributed by atoms with Gasteiger partial charge in [-0.3, -0.25) is 4.79 Å². The third kappa shape index (κ3) is 7.26. The van der Waals surface area contributed by atoms with Gasteiger partial charge in [-0.15, -0.1) is 0 Å². The number of hydrogen-bond donors (Lipinski definition) is 2. The molecule has 3 rings (SSSR count). The number of esters is 1. The molecule has 1 amide bonds. The van der Waals surface area contributed by atoms with Gasteiger partial charge in [-0.25, -0.2) is 17.9 Å². The Morgan fingerprint density at radius 2 is 1.97 bits per heavy atom. The molecule has 0 saturated carbocycles. The fraction of sp³-hybridized carbons (Fsp3) is 0.391. The van der Waals surface area contributed by atoms with E-state index in [1.165, 1.54) is 19.1 Å². The fourth-order valence-corrected chi connectivity index (χ4v) is 4.91. The predicted octanol–water partition coefficient (Wildman–Crippen LogP) is 2.70. The number of carbonyl (C=O) groups is 2. The summed E-state index contributed by atoms with van der Waals surface area (Å²) in [6.45, 7) is 2.57. The molecule has 10 heteroatoms. The average Bonchev–Trinajstić information content (AvgIpc) is 3.32. The van der Waals surface area contributed by atoms with Crippen molar-refractivity contribution in [2.45, 2.75) is 43.3 Å². The first-order chi connectivity index (χ1) is 15.8. The van der Waals surface area contributed by atoms with Crippen molar-refractivity contribution in [1.82, 2.24) is 10.0 Å². The van der Waals surface area contributed by atoms with E-state index in [4.69, 9.17) is 21.1 Å². The minimum atomic E-state index is -3.97. The molecule has 0 aliphatic carbocycles. The predicted molar refractivity (Wildman–Crippen MR) is 124 cm³/mol.